The van der Waals surface area contributed by atoms with E-state index in [0.717, 1.165) is 64.2 Å². The van der Waals surface area contributed by atoms with Crippen LogP contribution in [0.4, 0.5) is 0 Å². The van der Waals surface area contributed by atoms with Crippen molar-refractivity contribution >= 4 is 11.9 Å². The smallest absolute Gasteiger partial charge is 0.324 e. The number of allylic oxidation sites excluding steroid dienone is 1. The molecular formula is C22H36O4. The van der Waals surface area contributed by atoms with Gasteiger partial charge in [-0.25, -0.2) is 0 Å². The Morgan fingerprint density at radius 3 is 1.77 bits per heavy atom. The predicted molar refractivity (Wildman–Crippen MR) is 103 cm³/mol. The summed E-state index contributed by atoms with van der Waals surface area (Å²) in [6.07, 6.45) is 14.4. The van der Waals surface area contributed by atoms with Crippen LogP contribution in [0.3, 0.4) is 0 Å². The zero-order valence-electron chi connectivity index (χ0n) is 16.5. The fourth-order valence-electron chi connectivity index (χ4n) is 4.18. The minimum Gasteiger partial charge on any atom is -0.462 e. The average Bonchev–Trinajstić information content (AvgIpc) is 2.66. The Labute approximate surface area is 158 Å². The Hall–Kier alpha value is -1.32. The highest BCUT2D eigenvalue weighted by Crippen LogP contribution is 2.36. The molecule has 0 radical (unpaired) electrons. The molecule has 2 aliphatic carbocycles. The summed E-state index contributed by atoms with van der Waals surface area (Å²) in [6.45, 7) is 5.86. The summed E-state index contributed by atoms with van der Waals surface area (Å²) in [6, 6.07) is 0. The summed E-state index contributed by atoms with van der Waals surface area (Å²) >= 11 is 0. The normalized spacial score (nSPS) is 19.7. The number of hydrogen-bond donors (Lipinski definition) is 0. The Kier molecular flexibility index (Phi) is 8.67. The molecule has 0 bridgehead atoms. The van der Waals surface area contributed by atoms with Crippen LogP contribution in [0.15, 0.2) is 12.7 Å². The summed E-state index contributed by atoms with van der Waals surface area (Å²) < 4.78 is 11.7. The second kappa shape index (κ2) is 10.7. The molecule has 4 nitrogen and oxygen atoms in total. The van der Waals surface area contributed by atoms with E-state index in [0.29, 0.717) is 12.8 Å². The van der Waals surface area contributed by atoms with Crippen molar-refractivity contribution in [3.8, 4) is 0 Å². The first-order valence-electron chi connectivity index (χ1n) is 10.7. The molecule has 26 heavy (non-hydrogen) atoms. The fourth-order valence-corrected chi connectivity index (χ4v) is 4.18. The molecule has 0 amide bonds. The van der Waals surface area contributed by atoms with Crippen molar-refractivity contribution in [1.82, 2.24) is 0 Å². The van der Waals surface area contributed by atoms with E-state index in [-0.39, 0.29) is 12.2 Å². The van der Waals surface area contributed by atoms with Crippen molar-refractivity contribution < 1.29 is 19.1 Å². The number of carbonyl (C=O) groups is 2. The highest BCUT2D eigenvalue weighted by Gasteiger charge is 2.48. The standard InChI is InChI=1S/C22H36O4/c1-3-5-17-22(16-4-2,20(23)25-18-12-8-6-9-13-18)21(24)26-19-14-10-7-11-15-19/h4,18-19H,2-3,5-17H2,1H3. The SMILES string of the molecule is C=CCC(CCCC)(C(=O)OC1CCCCC1)C(=O)OC1CCCCC1. The first-order chi connectivity index (χ1) is 12.6. The first-order valence-corrected chi connectivity index (χ1v) is 10.7. The molecule has 0 aliphatic heterocycles. The van der Waals surface area contributed by atoms with E-state index in [9.17, 15) is 9.59 Å². The van der Waals surface area contributed by atoms with Crippen molar-refractivity contribution in [1.29, 1.82) is 0 Å². The average molecular weight is 365 g/mol. The van der Waals surface area contributed by atoms with Gasteiger partial charge >= 0.3 is 11.9 Å². The van der Waals surface area contributed by atoms with Gasteiger partial charge in [0.1, 0.15) is 12.2 Å². The summed E-state index contributed by atoms with van der Waals surface area (Å²) in [5, 5.41) is 0. The zero-order chi connectivity index (χ0) is 18.8. The van der Waals surface area contributed by atoms with Gasteiger partial charge in [0.05, 0.1) is 0 Å². The first kappa shape index (κ1) is 21.0. The Morgan fingerprint density at radius 1 is 0.923 bits per heavy atom. The molecule has 2 aliphatic rings. The van der Waals surface area contributed by atoms with E-state index in [2.05, 4.69) is 13.5 Å². The second-order valence-electron chi connectivity index (χ2n) is 8.01. The Morgan fingerprint density at radius 2 is 1.38 bits per heavy atom. The van der Waals surface area contributed by atoms with Crippen LogP contribution in [0.2, 0.25) is 0 Å². The van der Waals surface area contributed by atoms with E-state index in [4.69, 9.17) is 9.47 Å². The van der Waals surface area contributed by atoms with Gasteiger partial charge in [-0.05, 0) is 64.2 Å². The lowest BCUT2D eigenvalue weighted by molar-refractivity contribution is -0.181. The topological polar surface area (TPSA) is 52.6 Å². The summed E-state index contributed by atoms with van der Waals surface area (Å²) in [5.74, 6) is -0.780. The largest absolute Gasteiger partial charge is 0.462 e. The molecule has 0 N–H and O–H groups in total. The molecule has 2 fully saturated rings. The predicted octanol–water partition coefficient (Wildman–Crippen LogP) is 5.49. The molecule has 2 saturated carbocycles. The van der Waals surface area contributed by atoms with Crippen LogP contribution >= 0.6 is 0 Å². The van der Waals surface area contributed by atoms with E-state index >= 15 is 0 Å². The minimum absolute atomic E-state index is 0.0513. The molecule has 2 rings (SSSR count). The summed E-state index contributed by atoms with van der Waals surface area (Å²) in [5.41, 5.74) is -1.22. The number of unbranched alkanes of at least 4 members (excludes halogenated alkanes) is 1. The van der Waals surface area contributed by atoms with Crippen molar-refractivity contribution in [3.63, 3.8) is 0 Å². The third-order valence-electron chi connectivity index (χ3n) is 5.88. The Balaban J connectivity index is 2.12. The molecule has 148 valence electrons. The van der Waals surface area contributed by atoms with Gasteiger partial charge in [-0.15, -0.1) is 6.58 Å². The molecule has 0 heterocycles. The van der Waals surface area contributed by atoms with Crippen molar-refractivity contribution in [2.45, 2.75) is 109 Å². The van der Waals surface area contributed by atoms with Gasteiger partial charge in [0, 0.05) is 0 Å². The number of ether oxygens (including phenoxy) is 2. The summed E-state index contributed by atoms with van der Waals surface area (Å²) in [4.78, 5) is 26.3. The van der Waals surface area contributed by atoms with E-state index < -0.39 is 17.4 Å². The molecule has 0 saturated heterocycles. The lowest BCUT2D eigenvalue weighted by atomic mass is 9.79. The molecule has 0 aromatic rings. The Bertz CT molecular complexity index is 427. The number of carbonyl (C=O) groups excluding carboxylic acids is 2. The molecule has 0 spiro atoms. The molecule has 0 aromatic heterocycles. The van der Waals surface area contributed by atoms with Crippen molar-refractivity contribution in [2.24, 2.45) is 5.41 Å². The van der Waals surface area contributed by atoms with Gasteiger partial charge in [0.2, 0.25) is 0 Å². The fraction of sp³-hybridized carbons (Fsp3) is 0.818. The van der Waals surface area contributed by atoms with Crippen LogP contribution in [0.1, 0.15) is 96.8 Å². The van der Waals surface area contributed by atoms with Crippen LogP contribution < -0.4 is 0 Å². The highest BCUT2D eigenvalue weighted by atomic mass is 16.6. The van der Waals surface area contributed by atoms with Crippen molar-refractivity contribution in [3.05, 3.63) is 12.7 Å². The molecule has 0 unspecified atom stereocenters. The van der Waals surface area contributed by atoms with Crippen LogP contribution in [-0.2, 0) is 19.1 Å². The minimum atomic E-state index is -1.22. The maximum absolute atomic E-state index is 13.1. The van der Waals surface area contributed by atoms with Gasteiger partial charge in [-0.2, -0.15) is 0 Å². The van der Waals surface area contributed by atoms with Gasteiger partial charge in [-0.1, -0.05) is 38.7 Å². The van der Waals surface area contributed by atoms with Crippen LogP contribution in [0.25, 0.3) is 0 Å². The monoisotopic (exact) mass is 364 g/mol. The maximum Gasteiger partial charge on any atom is 0.324 e. The van der Waals surface area contributed by atoms with Crippen LogP contribution in [0.5, 0.6) is 0 Å². The number of rotatable bonds is 9. The molecule has 0 atom stereocenters. The number of esters is 2. The molecular weight excluding hydrogens is 328 g/mol. The van der Waals surface area contributed by atoms with Crippen LogP contribution in [-0.4, -0.2) is 24.1 Å². The van der Waals surface area contributed by atoms with E-state index in [1.165, 1.54) is 12.8 Å². The van der Waals surface area contributed by atoms with Crippen molar-refractivity contribution in [2.75, 3.05) is 0 Å². The maximum atomic E-state index is 13.1. The molecule has 4 heteroatoms. The lowest BCUT2D eigenvalue weighted by Crippen LogP contribution is -2.45. The summed E-state index contributed by atoms with van der Waals surface area (Å²) in [7, 11) is 0. The van der Waals surface area contributed by atoms with Gasteiger partial charge in [0.25, 0.3) is 0 Å². The quantitative estimate of drug-likeness (QED) is 0.308. The van der Waals surface area contributed by atoms with E-state index in [1.54, 1.807) is 6.08 Å². The number of hydrogen-bond acceptors (Lipinski definition) is 4. The zero-order valence-corrected chi connectivity index (χ0v) is 16.5. The van der Waals surface area contributed by atoms with Gasteiger partial charge in [-0.3, -0.25) is 9.59 Å². The van der Waals surface area contributed by atoms with Gasteiger partial charge < -0.3 is 9.47 Å². The van der Waals surface area contributed by atoms with Gasteiger partial charge in [0.15, 0.2) is 5.41 Å². The molecule has 0 aromatic carbocycles. The third-order valence-corrected chi connectivity index (χ3v) is 5.88. The highest BCUT2D eigenvalue weighted by molar-refractivity contribution is 6.00. The lowest BCUT2D eigenvalue weighted by Gasteiger charge is -2.33. The van der Waals surface area contributed by atoms with Crippen LogP contribution in [0, 0.1) is 5.41 Å². The second-order valence-corrected chi connectivity index (χ2v) is 8.01. The third kappa shape index (κ3) is 5.59. The van der Waals surface area contributed by atoms with E-state index in [1.807, 2.05) is 0 Å².